The number of hydrogen-bond acceptors (Lipinski definition) is 6. The second-order valence-corrected chi connectivity index (χ2v) is 6.01. The van der Waals surface area contributed by atoms with Crippen LogP contribution in [0.4, 0.5) is 26.0 Å². The second kappa shape index (κ2) is 9.46. The van der Waals surface area contributed by atoms with Crippen molar-refractivity contribution in [3.05, 3.63) is 78.0 Å². The van der Waals surface area contributed by atoms with Crippen LogP contribution in [0.1, 0.15) is 10.4 Å². The zero-order valence-corrected chi connectivity index (χ0v) is 15.8. The number of carbonyl (C=O) groups is 2. The molecule has 0 saturated heterocycles. The number of nitrogens with zero attached hydrogens (tertiary/aromatic N) is 1. The number of para-hydroxylation sites is 2. The van der Waals surface area contributed by atoms with Crippen LogP contribution >= 0.6 is 0 Å². The molecule has 154 valence electrons. The first-order chi connectivity index (χ1) is 14.5. The minimum Gasteiger partial charge on any atom is -0.495 e. The molecule has 3 rings (SSSR count). The van der Waals surface area contributed by atoms with Crippen molar-refractivity contribution in [1.29, 1.82) is 0 Å². The van der Waals surface area contributed by atoms with Gasteiger partial charge in [-0.05, 0) is 36.4 Å². The third kappa shape index (κ3) is 5.28. The van der Waals surface area contributed by atoms with E-state index in [1.807, 2.05) is 0 Å². The van der Waals surface area contributed by atoms with Gasteiger partial charge in [0, 0.05) is 18.0 Å². The van der Waals surface area contributed by atoms with Crippen LogP contribution in [0.15, 0.2) is 60.8 Å². The van der Waals surface area contributed by atoms with E-state index in [4.69, 9.17) is 9.47 Å². The molecule has 7 nitrogen and oxygen atoms in total. The normalized spacial score (nSPS) is 10.2. The van der Waals surface area contributed by atoms with E-state index < -0.39 is 30.1 Å². The number of carbonyl (C=O) groups excluding carboxylic acids is 2. The maximum atomic E-state index is 13.2. The number of methoxy groups -OCH3 is 1. The zero-order valence-electron chi connectivity index (χ0n) is 15.8. The fraction of sp³-hybridized carbons (Fsp3) is 0.0952. The van der Waals surface area contributed by atoms with Gasteiger partial charge in [0.25, 0.3) is 5.91 Å². The predicted octanol–water partition coefficient (Wildman–Crippen LogP) is 3.91. The van der Waals surface area contributed by atoms with E-state index in [-0.39, 0.29) is 17.1 Å². The van der Waals surface area contributed by atoms with Gasteiger partial charge in [-0.15, -0.1) is 0 Å². The number of ether oxygens (including phenoxy) is 2. The summed E-state index contributed by atoms with van der Waals surface area (Å²) in [6, 6.07) is 12.6. The largest absolute Gasteiger partial charge is 0.495 e. The third-order valence-electron chi connectivity index (χ3n) is 3.87. The number of halogens is 2. The molecule has 1 heterocycles. The monoisotopic (exact) mass is 413 g/mol. The third-order valence-corrected chi connectivity index (χ3v) is 3.87. The van der Waals surface area contributed by atoms with Crippen molar-refractivity contribution in [3.63, 3.8) is 0 Å². The van der Waals surface area contributed by atoms with Crippen LogP contribution in [0.2, 0.25) is 0 Å². The van der Waals surface area contributed by atoms with Crippen LogP contribution in [-0.4, -0.2) is 30.6 Å². The Balaban J connectivity index is 1.66. The molecule has 9 heteroatoms. The first-order valence-corrected chi connectivity index (χ1v) is 8.74. The number of amides is 1. The van der Waals surface area contributed by atoms with Gasteiger partial charge in [0.15, 0.2) is 6.61 Å². The van der Waals surface area contributed by atoms with Crippen molar-refractivity contribution in [2.75, 3.05) is 24.4 Å². The molecule has 1 aromatic heterocycles. The minimum atomic E-state index is -0.843. The predicted molar refractivity (Wildman–Crippen MR) is 106 cm³/mol. The number of aromatic nitrogens is 1. The summed E-state index contributed by atoms with van der Waals surface area (Å²) in [5.74, 6) is -2.49. The Labute approximate surface area is 170 Å². The summed E-state index contributed by atoms with van der Waals surface area (Å²) in [4.78, 5) is 28.5. The lowest BCUT2D eigenvalue weighted by atomic mass is 10.2. The summed E-state index contributed by atoms with van der Waals surface area (Å²) < 4.78 is 36.6. The lowest BCUT2D eigenvalue weighted by molar-refractivity contribution is -0.119. The molecule has 0 bridgehead atoms. The van der Waals surface area contributed by atoms with Gasteiger partial charge in [-0.1, -0.05) is 12.1 Å². The van der Waals surface area contributed by atoms with Gasteiger partial charge in [0.2, 0.25) is 0 Å². The Morgan fingerprint density at radius 1 is 1.03 bits per heavy atom. The SMILES string of the molecule is COc1ccccc1Nc1ncccc1C(=O)OCC(=O)Nc1cc(F)cc(F)c1. The standard InChI is InChI=1S/C21H17F2N3O4/c1-29-18-7-3-2-6-17(18)26-20-16(5-4-8-24-20)21(28)30-12-19(27)25-15-10-13(22)9-14(23)11-15/h2-11H,12H2,1H3,(H,24,26)(H,25,27). The highest BCUT2D eigenvalue weighted by atomic mass is 19.1. The Morgan fingerprint density at radius 2 is 1.77 bits per heavy atom. The average Bonchev–Trinajstić information content (AvgIpc) is 2.72. The topological polar surface area (TPSA) is 89.6 Å². The van der Waals surface area contributed by atoms with Crippen molar-refractivity contribution >= 4 is 29.1 Å². The molecule has 0 aliphatic rings. The van der Waals surface area contributed by atoms with Crippen LogP contribution < -0.4 is 15.4 Å². The molecule has 0 saturated carbocycles. The molecule has 0 fully saturated rings. The summed E-state index contributed by atoms with van der Waals surface area (Å²) >= 11 is 0. The fourth-order valence-electron chi connectivity index (χ4n) is 2.58. The van der Waals surface area contributed by atoms with E-state index in [2.05, 4.69) is 15.6 Å². The summed E-state index contributed by atoms with van der Waals surface area (Å²) in [6.45, 7) is -0.653. The first-order valence-electron chi connectivity index (χ1n) is 8.74. The number of pyridine rings is 1. The van der Waals surface area contributed by atoms with E-state index in [1.165, 1.54) is 19.4 Å². The Kier molecular flexibility index (Phi) is 6.53. The highest BCUT2D eigenvalue weighted by molar-refractivity contribution is 5.98. The van der Waals surface area contributed by atoms with Crippen LogP contribution in [0.3, 0.4) is 0 Å². The van der Waals surface area contributed by atoms with Gasteiger partial charge in [-0.2, -0.15) is 0 Å². The van der Waals surface area contributed by atoms with Gasteiger partial charge in [0.1, 0.15) is 28.8 Å². The molecule has 0 unspecified atom stereocenters. The lowest BCUT2D eigenvalue weighted by Crippen LogP contribution is -2.21. The van der Waals surface area contributed by atoms with Crippen LogP contribution in [0, 0.1) is 11.6 Å². The maximum absolute atomic E-state index is 13.2. The molecule has 2 N–H and O–H groups in total. The number of anilines is 3. The summed E-state index contributed by atoms with van der Waals surface area (Å²) in [7, 11) is 1.51. The van der Waals surface area contributed by atoms with Crippen molar-refractivity contribution in [2.24, 2.45) is 0 Å². The molecule has 0 atom stereocenters. The van der Waals surface area contributed by atoms with E-state index >= 15 is 0 Å². The summed E-state index contributed by atoms with van der Waals surface area (Å²) in [5, 5.41) is 5.25. The van der Waals surface area contributed by atoms with E-state index in [9.17, 15) is 18.4 Å². The number of esters is 1. The van der Waals surface area contributed by atoms with Gasteiger partial charge >= 0.3 is 5.97 Å². The Bertz CT molecular complexity index is 1060. The molecule has 0 aliphatic heterocycles. The molecule has 0 aliphatic carbocycles. The molecule has 3 aromatic rings. The Morgan fingerprint density at radius 3 is 2.50 bits per heavy atom. The van der Waals surface area contributed by atoms with E-state index in [0.717, 1.165) is 12.1 Å². The average molecular weight is 413 g/mol. The summed E-state index contributed by atoms with van der Waals surface area (Å²) in [6.07, 6.45) is 1.49. The molecule has 30 heavy (non-hydrogen) atoms. The first kappa shape index (κ1) is 20.7. The van der Waals surface area contributed by atoms with Crippen LogP contribution in [0.5, 0.6) is 5.75 Å². The van der Waals surface area contributed by atoms with Crippen molar-refractivity contribution < 1.29 is 27.8 Å². The molecular formula is C21H17F2N3O4. The van der Waals surface area contributed by atoms with Gasteiger partial charge in [-0.25, -0.2) is 18.6 Å². The van der Waals surface area contributed by atoms with Crippen LogP contribution in [-0.2, 0) is 9.53 Å². The molecule has 2 aromatic carbocycles. The highest BCUT2D eigenvalue weighted by Gasteiger charge is 2.17. The Hall–Kier alpha value is -4.01. The minimum absolute atomic E-state index is 0.0894. The van der Waals surface area contributed by atoms with Crippen LogP contribution in [0.25, 0.3) is 0 Å². The molecule has 0 radical (unpaired) electrons. The number of nitrogens with one attached hydrogen (secondary N) is 2. The zero-order chi connectivity index (χ0) is 21.5. The van der Waals surface area contributed by atoms with Gasteiger partial charge in [-0.3, -0.25) is 4.79 Å². The maximum Gasteiger partial charge on any atom is 0.342 e. The van der Waals surface area contributed by atoms with Crippen molar-refractivity contribution in [2.45, 2.75) is 0 Å². The fourth-order valence-corrected chi connectivity index (χ4v) is 2.58. The smallest absolute Gasteiger partial charge is 0.342 e. The van der Waals surface area contributed by atoms with E-state index in [0.29, 0.717) is 17.5 Å². The molecular weight excluding hydrogens is 396 g/mol. The molecule has 0 spiro atoms. The van der Waals surface area contributed by atoms with Gasteiger partial charge < -0.3 is 20.1 Å². The van der Waals surface area contributed by atoms with E-state index in [1.54, 1.807) is 30.3 Å². The number of rotatable bonds is 7. The number of hydrogen-bond donors (Lipinski definition) is 2. The molecule has 1 amide bonds. The number of benzene rings is 2. The van der Waals surface area contributed by atoms with Crippen molar-refractivity contribution in [3.8, 4) is 5.75 Å². The van der Waals surface area contributed by atoms with Gasteiger partial charge in [0.05, 0.1) is 12.8 Å². The highest BCUT2D eigenvalue weighted by Crippen LogP contribution is 2.27. The lowest BCUT2D eigenvalue weighted by Gasteiger charge is -2.13. The van der Waals surface area contributed by atoms with Crippen molar-refractivity contribution in [1.82, 2.24) is 4.98 Å². The second-order valence-electron chi connectivity index (χ2n) is 6.01. The quantitative estimate of drug-likeness (QED) is 0.571. The summed E-state index contributed by atoms with van der Waals surface area (Å²) in [5.41, 5.74) is 0.583.